The van der Waals surface area contributed by atoms with E-state index in [9.17, 15) is 9.59 Å². The Labute approximate surface area is 128 Å². The van der Waals surface area contributed by atoms with Gasteiger partial charge in [-0.2, -0.15) is 0 Å². The highest BCUT2D eigenvalue weighted by Crippen LogP contribution is 2.23. The third-order valence-electron chi connectivity index (χ3n) is 3.46. The van der Waals surface area contributed by atoms with Crippen LogP contribution in [0.15, 0.2) is 18.2 Å². The predicted molar refractivity (Wildman–Crippen MR) is 84.4 cm³/mol. The molecule has 0 fully saturated rings. The van der Waals surface area contributed by atoms with Gasteiger partial charge in [-0.3, -0.25) is 9.59 Å². The highest BCUT2D eigenvalue weighted by atomic mass is 35.5. The van der Waals surface area contributed by atoms with Crippen molar-refractivity contribution >= 4 is 29.0 Å². The van der Waals surface area contributed by atoms with Crippen molar-refractivity contribution in [2.24, 2.45) is 0 Å². The molecule has 0 aliphatic rings. The number of amides is 1. The van der Waals surface area contributed by atoms with Crippen LogP contribution in [0.5, 0.6) is 0 Å². The zero-order valence-corrected chi connectivity index (χ0v) is 13.2. The third kappa shape index (κ3) is 3.00. The van der Waals surface area contributed by atoms with Crippen molar-refractivity contribution < 1.29 is 9.59 Å². The standard InChI is InChI=1S/C16H17ClN2O2/c1-8-5-6-12(17)7-13(8)19-16(21)15-9(2)14(11(4)20)10(3)18-15/h5-7,18H,1-4H3,(H,19,21). The van der Waals surface area contributed by atoms with Gasteiger partial charge in [0.25, 0.3) is 5.91 Å². The molecule has 1 aromatic heterocycles. The molecule has 21 heavy (non-hydrogen) atoms. The van der Waals surface area contributed by atoms with Crippen LogP contribution in [0, 0.1) is 20.8 Å². The van der Waals surface area contributed by atoms with E-state index in [1.54, 1.807) is 26.0 Å². The SMILES string of the molecule is CC(=O)c1c(C)[nH]c(C(=O)Nc2cc(Cl)ccc2C)c1C. The van der Waals surface area contributed by atoms with E-state index in [0.717, 1.165) is 5.56 Å². The minimum absolute atomic E-state index is 0.0563. The number of ketones is 1. The summed E-state index contributed by atoms with van der Waals surface area (Å²) in [6.07, 6.45) is 0. The first-order chi connectivity index (χ1) is 9.81. The molecule has 0 bridgehead atoms. The molecule has 1 aromatic carbocycles. The Hall–Kier alpha value is -2.07. The van der Waals surface area contributed by atoms with E-state index in [4.69, 9.17) is 11.6 Å². The zero-order valence-electron chi connectivity index (χ0n) is 12.4. The molecule has 0 unspecified atom stereocenters. The van der Waals surface area contributed by atoms with Crippen molar-refractivity contribution in [1.82, 2.24) is 4.98 Å². The van der Waals surface area contributed by atoms with Gasteiger partial charge < -0.3 is 10.3 Å². The maximum Gasteiger partial charge on any atom is 0.272 e. The number of anilines is 1. The molecular weight excluding hydrogens is 288 g/mol. The first-order valence-corrected chi connectivity index (χ1v) is 6.96. The van der Waals surface area contributed by atoms with Crippen molar-refractivity contribution in [2.75, 3.05) is 5.32 Å². The van der Waals surface area contributed by atoms with E-state index in [1.807, 2.05) is 13.0 Å². The summed E-state index contributed by atoms with van der Waals surface area (Å²) in [4.78, 5) is 27.0. The number of aromatic amines is 1. The van der Waals surface area contributed by atoms with Crippen LogP contribution in [0.3, 0.4) is 0 Å². The Morgan fingerprint density at radius 2 is 1.86 bits per heavy atom. The van der Waals surface area contributed by atoms with Gasteiger partial charge >= 0.3 is 0 Å². The minimum atomic E-state index is -0.284. The molecular formula is C16H17ClN2O2. The number of halogens is 1. The lowest BCUT2D eigenvalue weighted by atomic mass is 10.1. The Kier molecular flexibility index (Phi) is 4.19. The molecule has 0 aliphatic heterocycles. The third-order valence-corrected chi connectivity index (χ3v) is 3.70. The summed E-state index contributed by atoms with van der Waals surface area (Å²) >= 11 is 5.94. The Bertz CT molecular complexity index is 732. The molecule has 0 saturated heterocycles. The second-order valence-electron chi connectivity index (χ2n) is 5.09. The quantitative estimate of drug-likeness (QED) is 0.840. The maximum absolute atomic E-state index is 12.4. The number of nitrogens with one attached hydrogen (secondary N) is 2. The number of rotatable bonds is 3. The van der Waals surface area contributed by atoms with Gasteiger partial charge in [0.2, 0.25) is 0 Å². The lowest BCUT2D eigenvalue weighted by molar-refractivity contribution is 0.101. The molecule has 2 N–H and O–H groups in total. The van der Waals surface area contributed by atoms with Crippen molar-refractivity contribution in [3.63, 3.8) is 0 Å². The van der Waals surface area contributed by atoms with Crippen molar-refractivity contribution in [2.45, 2.75) is 27.7 Å². The van der Waals surface area contributed by atoms with Crippen LogP contribution >= 0.6 is 11.6 Å². The van der Waals surface area contributed by atoms with Crippen LogP contribution in [-0.2, 0) is 0 Å². The molecule has 0 saturated carbocycles. The van der Waals surface area contributed by atoms with Gasteiger partial charge in [0.1, 0.15) is 5.69 Å². The summed E-state index contributed by atoms with van der Waals surface area (Å²) in [5.74, 6) is -0.340. The van der Waals surface area contributed by atoms with Gasteiger partial charge in [-0.1, -0.05) is 17.7 Å². The van der Waals surface area contributed by atoms with E-state index in [-0.39, 0.29) is 11.7 Å². The number of carbonyl (C=O) groups excluding carboxylic acids is 2. The number of H-pyrrole nitrogens is 1. The van der Waals surface area contributed by atoms with Crippen LogP contribution in [0.1, 0.15) is 44.6 Å². The van der Waals surface area contributed by atoms with E-state index in [1.165, 1.54) is 6.92 Å². The second kappa shape index (κ2) is 5.74. The number of aryl methyl sites for hydroxylation is 2. The van der Waals surface area contributed by atoms with E-state index in [0.29, 0.717) is 33.2 Å². The fraction of sp³-hybridized carbons (Fsp3) is 0.250. The van der Waals surface area contributed by atoms with Crippen LogP contribution in [0.25, 0.3) is 0 Å². The molecule has 1 heterocycles. The first kappa shape index (κ1) is 15.3. The van der Waals surface area contributed by atoms with Crippen LogP contribution in [0.4, 0.5) is 5.69 Å². The van der Waals surface area contributed by atoms with Gasteiger partial charge in [-0.15, -0.1) is 0 Å². The fourth-order valence-electron chi connectivity index (χ4n) is 2.42. The number of hydrogen-bond acceptors (Lipinski definition) is 2. The lowest BCUT2D eigenvalue weighted by Gasteiger charge is -2.08. The molecule has 2 aromatic rings. The first-order valence-electron chi connectivity index (χ1n) is 6.59. The van der Waals surface area contributed by atoms with Crippen molar-refractivity contribution in [3.05, 3.63) is 51.3 Å². The van der Waals surface area contributed by atoms with Crippen molar-refractivity contribution in [3.8, 4) is 0 Å². The monoisotopic (exact) mass is 304 g/mol. The normalized spacial score (nSPS) is 10.5. The Balaban J connectivity index is 2.35. The molecule has 4 nitrogen and oxygen atoms in total. The summed E-state index contributed by atoms with van der Waals surface area (Å²) < 4.78 is 0. The van der Waals surface area contributed by atoms with Gasteiger partial charge in [0, 0.05) is 22.0 Å². The molecule has 5 heteroatoms. The molecule has 0 radical (unpaired) electrons. The number of aromatic nitrogens is 1. The molecule has 110 valence electrons. The molecule has 1 amide bonds. The topological polar surface area (TPSA) is 62.0 Å². The van der Waals surface area contributed by atoms with E-state index in [2.05, 4.69) is 10.3 Å². The average Bonchev–Trinajstić information content (AvgIpc) is 2.69. The molecule has 0 aliphatic carbocycles. The molecule has 0 spiro atoms. The number of benzene rings is 1. The summed E-state index contributed by atoms with van der Waals surface area (Å²) in [7, 11) is 0. The zero-order chi connectivity index (χ0) is 15.7. The number of carbonyl (C=O) groups is 2. The van der Waals surface area contributed by atoms with Gasteiger partial charge in [-0.05, 0) is 51.0 Å². The predicted octanol–water partition coefficient (Wildman–Crippen LogP) is 4.05. The lowest BCUT2D eigenvalue weighted by Crippen LogP contribution is -2.14. The van der Waals surface area contributed by atoms with Gasteiger partial charge in [0.05, 0.1) is 0 Å². The Morgan fingerprint density at radius 3 is 2.43 bits per heavy atom. The van der Waals surface area contributed by atoms with Crippen LogP contribution in [-0.4, -0.2) is 16.7 Å². The Morgan fingerprint density at radius 1 is 1.19 bits per heavy atom. The molecule has 0 atom stereocenters. The van der Waals surface area contributed by atoms with E-state index < -0.39 is 0 Å². The largest absolute Gasteiger partial charge is 0.354 e. The molecule has 2 rings (SSSR count). The summed E-state index contributed by atoms with van der Waals surface area (Å²) in [6.45, 7) is 6.93. The number of hydrogen-bond donors (Lipinski definition) is 2. The highest BCUT2D eigenvalue weighted by Gasteiger charge is 2.20. The van der Waals surface area contributed by atoms with Crippen LogP contribution in [0.2, 0.25) is 5.02 Å². The number of Topliss-reactive ketones (excluding diaryl/α,β-unsaturated/α-hetero) is 1. The minimum Gasteiger partial charge on any atom is -0.354 e. The summed E-state index contributed by atoms with van der Waals surface area (Å²) in [6, 6.07) is 5.31. The van der Waals surface area contributed by atoms with Crippen LogP contribution < -0.4 is 5.32 Å². The van der Waals surface area contributed by atoms with Gasteiger partial charge in [0.15, 0.2) is 5.78 Å². The second-order valence-corrected chi connectivity index (χ2v) is 5.53. The summed E-state index contributed by atoms with van der Waals surface area (Å²) in [5.41, 5.74) is 3.91. The average molecular weight is 305 g/mol. The smallest absolute Gasteiger partial charge is 0.272 e. The fourth-order valence-corrected chi connectivity index (χ4v) is 2.59. The summed E-state index contributed by atoms with van der Waals surface area (Å²) in [5, 5.41) is 3.38. The van der Waals surface area contributed by atoms with E-state index >= 15 is 0 Å². The van der Waals surface area contributed by atoms with Crippen molar-refractivity contribution in [1.29, 1.82) is 0 Å². The maximum atomic E-state index is 12.4. The van der Waals surface area contributed by atoms with Gasteiger partial charge in [-0.25, -0.2) is 0 Å². The highest BCUT2D eigenvalue weighted by molar-refractivity contribution is 6.31.